The Bertz CT molecular complexity index is 882. The minimum atomic E-state index is -0.180. The van der Waals surface area contributed by atoms with Gasteiger partial charge in [-0.15, -0.1) is 0 Å². The molecular weight excluding hydrogens is 392 g/mol. The van der Waals surface area contributed by atoms with Crippen molar-refractivity contribution in [3.05, 3.63) is 60.2 Å². The van der Waals surface area contributed by atoms with E-state index < -0.39 is 0 Å². The number of fused-ring (bicyclic) bond motifs is 1. The predicted octanol–water partition coefficient (Wildman–Crippen LogP) is 4.12. The van der Waals surface area contributed by atoms with E-state index in [1.54, 1.807) is 0 Å². The van der Waals surface area contributed by atoms with Crippen LogP contribution in [0.1, 0.15) is 30.9 Å². The number of likely N-dealkylation sites (tertiary alicyclic amines) is 1. The summed E-state index contributed by atoms with van der Waals surface area (Å²) in [7, 11) is 0. The number of para-hydroxylation sites is 2. The number of hydrogen-bond donors (Lipinski definition) is 0. The van der Waals surface area contributed by atoms with Crippen LogP contribution in [0.5, 0.6) is 11.5 Å². The van der Waals surface area contributed by atoms with Crippen molar-refractivity contribution in [3.8, 4) is 11.5 Å². The molecule has 2 fully saturated rings. The third-order valence-electron chi connectivity index (χ3n) is 6.67. The average molecular weight is 423 g/mol. The first-order valence-corrected chi connectivity index (χ1v) is 11.4. The quantitative estimate of drug-likeness (QED) is 0.701. The van der Waals surface area contributed by atoms with Gasteiger partial charge in [0, 0.05) is 13.1 Å². The molecule has 2 aromatic rings. The summed E-state index contributed by atoms with van der Waals surface area (Å²) in [6, 6.07) is 18.1. The average Bonchev–Trinajstić information content (AvgIpc) is 3.19. The van der Waals surface area contributed by atoms with Crippen LogP contribution >= 0.6 is 0 Å². The fourth-order valence-electron chi connectivity index (χ4n) is 4.87. The van der Waals surface area contributed by atoms with Gasteiger partial charge in [0.2, 0.25) is 0 Å². The van der Waals surface area contributed by atoms with E-state index in [1.807, 2.05) is 47.4 Å². The molecule has 0 bridgehead atoms. The lowest BCUT2D eigenvalue weighted by Gasteiger charge is -2.36. The Morgan fingerprint density at radius 3 is 2.42 bits per heavy atom. The molecule has 3 aliphatic rings. The monoisotopic (exact) mass is 422 g/mol. The van der Waals surface area contributed by atoms with Gasteiger partial charge in [0.15, 0.2) is 11.5 Å². The number of amides is 1. The molecule has 31 heavy (non-hydrogen) atoms. The number of hydrogen-bond acceptors (Lipinski definition) is 5. The van der Waals surface area contributed by atoms with Crippen molar-refractivity contribution in [3.63, 3.8) is 0 Å². The van der Waals surface area contributed by atoms with Crippen LogP contribution < -0.4 is 9.47 Å². The van der Waals surface area contributed by atoms with Crippen molar-refractivity contribution in [1.29, 1.82) is 0 Å². The van der Waals surface area contributed by atoms with Crippen LogP contribution in [-0.4, -0.2) is 61.4 Å². The number of benzene rings is 2. The maximum Gasteiger partial charge on any atom is 0.410 e. The molecule has 2 atom stereocenters. The zero-order valence-corrected chi connectivity index (χ0v) is 17.8. The van der Waals surface area contributed by atoms with Crippen molar-refractivity contribution in [2.24, 2.45) is 5.92 Å². The van der Waals surface area contributed by atoms with E-state index in [2.05, 4.69) is 17.0 Å². The zero-order valence-electron chi connectivity index (χ0n) is 17.8. The van der Waals surface area contributed by atoms with E-state index in [0.717, 1.165) is 62.5 Å². The van der Waals surface area contributed by atoms with Crippen LogP contribution in [0.25, 0.3) is 0 Å². The van der Waals surface area contributed by atoms with E-state index in [0.29, 0.717) is 19.1 Å². The summed E-state index contributed by atoms with van der Waals surface area (Å²) < 4.78 is 17.3. The van der Waals surface area contributed by atoms with E-state index in [-0.39, 0.29) is 18.2 Å². The van der Waals surface area contributed by atoms with Gasteiger partial charge in [0.25, 0.3) is 0 Å². The second-order valence-electron chi connectivity index (χ2n) is 8.73. The second kappa shape index (κ2) is 9.18. The molecule has 0 spiro atoms. The molecule has 3 aliphatic heterocycles. The molecule has 1 amide bonds. The van der Waals surface area contributed by atoms with Gasteiger partial charge in [-0.05, 0) is 56.0 Å². The maximum atomic E-state index is 12.3. The van der Waals surface area contributed by atoms with Crippen molar-refractivity contribution >= 4 is 6.09 Å². The van der Waals surface area contributed by atoms with Gasteiger partial charge in [-0.1, -0.05) is 42.5 Å². The summed E-state index contributed by atoms with van der Waals surface area (Å²) in [5.74, 6) is 2.33. The molecule has 6 nitrogen and oxygen atoms in total. The van der Waals surface area contributed by atoms with Gasteiger partial charge in [0.1, 0.15) is 19.3 Å². The summed E-state index contributed by atoms with van der Waals surface area (Å²) in [4.78, 5) is 16.7. The molecule has 0 N–H and O–H groups in total. The van der Waals surface area contributed by atoms with Crippen LogP contribution in [0.2, 0.25) is 0 Å². The highest BCUT2D eigenvalue weighted by molar-refractivity contribution is 5.70. The van der Waals surface area contributed by atoms with Crippen molar-refractivity contribution in [1.82, 2.24) is 9.80 Å². The van der Waals surface area contributed by atoms with Crippen molar-refractivity contribution < 1.29 is 19.0 Å². The van der Waals surface area contributed by atoms with Gasteiger partial charge in [0.05, 0.1) is 6.04 Å². The third-order valence-corrected chi connectivity index (χ3v) is 6.67. The van der Waals surface area contributed by atoms with Crippen LogP contribution in [0.4, 0.5) is 4.79 Å². The lowest BCUT2D eigenvalue weighted by Crippen LogP contribution is -2.44. The Morgan fingerprint density at radius 2 is 1.61 bits per heavy atom. The van der Waals surface area contributed by atoms with E-state index >= 15 is 0 Å². The predicted molar refractivity (Wildman–Crippen MR) is 117 cm³/mol. The first kappa shape index (κ1) is 20.2. The van der Waals surface area contributed by atoms with E-state index in [4.69, 9.17) is 14.2 Å². The molecule has 0 aromatic heterocycles. The maximum absolute atomic E-state index is 12.3. The summed E-state index contributed by atoms with van der Waals surface area (Å²) >= 11 is 0. The molecule has 0 saturated carbocycles. The Balaban J connectivity index is 1.08. The van der Waals surface area contributed by atoms with Gasteiger partial charge in [-0.2, -0.15) is 0 Å². The molecular formula is C25H30N2O4. The van der Waals surface area contributed by atoms with Gasteiger partial charge < -0.3 is 14.2 Å². The fraction of sp³-hybridized carbons (Fsp3) is 0.480. The minimum absolute atomic E-state index is 0.0418. The molecule has 0 radical (unpaired) electrons. The Labute approximate surface area is 183 Å². The van der Waals surface area contributed by atoms with Gasteiger partial charge in [-0.25, -0.2) is 4.79 Å². The highest BCUT2D eigenvalue weighted by Gasteiger charge is 2.34. The number of rotatable bonds is 6. The Morgan fingerprint density at radius 1 is 0.871 bits per heavy atom. The molecule has 0 aliphatic carbocycles. The summed E-state index contributed by atoms with van der Waals surface area (Å²) in [5.41, 5.74) is 1.15. The number of ether oxygens (including phenoxy) is 3. The summed E-state index contributed by atoms with van der Waals surface area (Å²) in [6.07, 6.45) is 3.24. The van der Waals surface area contributed by atoms with Crippen molar-refractivity contribution in [2.45, 2.75) is 31.4 Å². The molecule has 2 aromatic carbocycles. The highest BCUT2D eigenvalue weighted by atomic mass is 16.6. The standard InChI is InChI=1S/C25H30N2O4/c28-25-27(22(18-30-25)20-6-2-1-3-7-20)15-12-19-10-13-26(14-11-19)16-21-17-29-23-8-4-5-9-24(23)31-21/h1-9,19,21-22H,10-18H2/t21-,22+/m0/s1. The number of piperidine rings is 1. The SMILES string of the molecule is O=C1OC[C@H](c2ccccc2)N1CCC1CCN(C[C@H]2COc3ccccc3O2)CC1. The van der Waals surface area contributed by atoms with Crippen LogP contribution in [0, 0.1) is 5.92 Å². The number of carbonyl (C=O) groups is 1. The smallest absolute Gasteiger partial charge is 0.410 e. The zero-order chi connectivity index (χ0) is 21.0. The largest absolute Gasteiger partial charge is 0.486 e. The normalized spacial score (nSPS) is 24.3. The third kappa shape index (κ3) is 4.64. The highest BCUT2D eigenvalue weighted by Crippen LogP contribution is 2.32. The van der Waals surface area contributed by atoms with E-state index in [9.17, 15) is 4.79 Å². The topological polar surface area (TPSA) is 51.2 Å². The second-order valence-corrected chi connectivity index (χ2v) is 8.73. The first-order valence-electron chi connectivity index (χ1n) is 11.4. The number of cyclic esters (lactones) is 1. The molecule has 3 heterocycles. The Kier molecular flexibility index (Phi) is 5.98. The van der Waals surface area contributed by atoms with E-state index in [1.165, 1.54) is 0 Å². The first-order chi connectivity index (χ1) is 15.3. The molecule has 5 rings (SSSR count). The van der Waals surface area contributed by atoms with Crippen molar-refractivity contribution in [2.75, 3.05) is 39.4 Å². The lowest BCUT2D eigenvalue weighted by atomic mass is 9.93. The lowest BCUT2D eigenvalue weighted by molar-refractivity contribution is 0.0466. The van der Waals surface area contributed by atoms with Gasteiger partial charge >= 0.3 is 6.09 Å². The number of carbonyl (C=O) groups excluding carboxylic acids is 1. The molecule has 0 unspecified atom stereocenters. The van der Waals surface area contributed by atoms with Gasteiger partial charge in [-0.3, -0.25) is 9.80 Å². The molecule has 2 saturated heterocycles. The van der Waals surface area contributed by atoms with Crippen LogP contribution in [0.3, 0.4) is 0 Å². The fourth-order valence-corrected chi connectivity index (χ4v) is 4.87. The summed E-state index contributed by atoms with van der Waals surface area (Å²) in [6.45, 7) is 4.86. The van der Waals surface area contributed by atoms with Crippen LogP contribution in [-0.2, 0) is 4.74 Å². The van der Waals surface area contributed by atoms with Crippen LogP contribution in [0.15, 0.2) is 54.6 Å². The Hall–Kier alpha value is -2.73. The minimum Gasteiger partial charge on any atom is -0.486 e. The molecule has 6 heteroatoms. The number of nitrogens with zero attached hydrogens (tertiary/aromatic N) is 2. The molecule has 164 valence electrons. The summed E-state index contributed by atoms with van der Waals surface area (Å²) in [5, 5.41) is 0.